The number of nitrogens with zero attached hydrogens (tertiary/aromatic N) is 1. The monoisotopic (exact) mass is 340 g/mol. The number of rotatable bonds is 7. The number of phenols is 1. The van der Waals surface area contributed by atoms with E-state index in [-0.39, 0.29) is 18.3 Å². The largest absolute Gasteiger partial charge is 0.508 e. The normalized spacial score (nSPS) is 11.4. The number of carbonyl (C=O) groups excluding carboxylic acids is 1. The SMILES string of the molecule is CNC(=O)/C(=C/OC)c1ccccc1CO/N=C/c1cccc(O)c1. The number of nitrogens with one attached hydrogen (secondary N) is 1. The van der Waals surface area contributed by atoms with Gasteiger partial charge in [-0.3, -0.25) is 4.79 Å². The molecule has 6 heteroatoms. The number of hydrogen-bond acceptors (Lipinski definition) is 5. The summed E-state index contributed by atoms with van der Waals surface area (Å²) in [5.41, 5.74) is 2.62. The summed E-state index contributed by atoms with van der Waals surface area (Å²) in [5, 5.41) is 15.9. The molecule has 0 unspecified atom stereocenters. The Balaban J connectivity index is 2.12. The van der Waals surface area contributed by atoms with Gasteiger partial charge in [-0.2, -0.15) is 0 Å². The van der Waals surface area contributed by atoms with Crippen LogP contribution >= 0.6 is 0 Å². The lowest BCUT2D eigenvalue weighted by molar-refractivity contribution is -0.115. The number of ether oxygens (including phenoxy) is 1. The van der Waals surface area contributed by atoms with Crippen LogP contribution in [0.1, 0.15) is 16.7 Å². The molecular formula is C19H20N2O4. The van der Waals surface area contributed by atoms with E-state index in [2.05, 4.69) is 10.5 Å². The highest BCUT2D eigenvalue weighted by Gasteiger charge is 2.14. The van der Waals surface area contributed by atoms with E-state index in [0.717, 1.165) is 11.1 Å². The number of oxime groups is 1. The Morgan fingerprint density at radius 3 is 2.76 bits per heavy atom. The average molecular weight is 340 g/mol. The second-order valence-electron chi connectivity index (χ2n) is 5.11. The highest BCUT2D eigenvalue weighted by Crippen LogP contribution is 2.20. The topological polar surface area (TPSA) is 80.2 Å². The molecule has 2 aromatic carbocycles. The summed E-state index contributed by atoms with van der Waals surface area (Å²) < 4.78 is 5.01. The molecular weight excluding hydrogens is 320 g/mol. The number of benzene rings is 2. The summed E-state index contributed by atoms with van der Waals surface area (Å²) in [6, 6.07) is 14.0. The van der Waals surface area contributed by atoms with Gasteiger partial charge < -0.3 is 20.0 Å². The van der Waals surface area contributed by atoms with E-state index in [4.69, 9.17) is 9.57 Å². The quantitative estimate of drug-likeness (QED) is 0.351. The van der Waals surface area contributed by atoms with Gasteiger partial charge in [-0.1, -0.05) is 41.6 Å². The molecule has 0 aliphatic carbocycles. The lowest BCUT2D eigenvalue weighted by atomic mass is 10.0. The summed E-state index contributed by atoms with van der Waals surface area (Å²) in [4.78, 5) is 17.4. The van der Waals surface area contributed by atoms with Crippen LogP contribution < -0.4 is 5.32 Å². The Morgan fingerprint density at radius 1 is 1.24 bits per heavy atom. The predicted octanol–water partition coefficient (Wildman–Crippen LogP) is 2.68. The summed E-state index contributed by atoms with van der Waals surface area (Å²) in [6.45, 7) is 0.184. The van der Waals surface area contributed by atoms with Gasteiger partial charge in [-0.05, 0) is 23.3 Å². The second kappa shape index (κ2) is 9.12. The number of carbonyl (C=O) groups is 1. The van der Waals surface area contributed by atoms with Crippen molar-refractivity contribution >= 4 is 17.7 Å². The Labute approximate surface area is 146 Å². The van der Waals surface area contributed by atoms with Gasteiger partial charge in [-0.15, -0.1) is 0 Å². The molecule has 2 rings (SSSR count). The molecule has 0 aromatic heterocycles. The Morgan fingerprint density at radius 2 is 2.04 bits per heavy atom. The average Bonchev–Trinajstić information content (AvgIpc) is 2.63. The van der Waals surface area contributed by atoms with Gasteiger partial charge in [0.25, 0.3) is 5.91 Å². The van der Waals surface area contributed by atoms with Gasteiger partial charge in [-0.25, -0.2) is 0 Å². The fourth-order valence-electron chi connectivity index (χ4n) is 2.21. The van der Waals surface area contributed by atoms with Crippen molar-refractivity contribution < 1.29 is 19.5 Å². The molecule has 0 aliphatic heterocycles. The van der Waals surface area contributed by atoms with Crippen LogP contribution in [0.15, 0.2) is 59.9 Å². The van der Waals surface area contributed by atoms with E-state index in [1.54, 1.807) is 31.3 Å². The summed E-state index contributed by atoms with van der Waals surface area (Å²) in [6.07, 6.45) is 2.90. The number of amides is 1. The molecule has 130 valence electrons. The van der Waals surface area contributed by atoms with Crippen molar-refractivity contribution in [3.8, 4) is 5.75 Å². The van der Waals surface area contributed by atoms with Gasteiger partial charge in [0.05, 0.1) is 25.2 Å². The van der Waals surface area contributed by atoms with Crippen LogP contribution in [0.4, 0.5) is 0 Å². The Hall–Kier alpha value is -3.28. The minimum atomic E-state index is -0.252. The van der Waals surface area contributed by atoms with Crippen LogP contribution in [0, 0.1) is 0 Å². The molecule has 2 aromatic rings. The first-order valence-corrected chi connectivity index (χ1v) is 7.63. The lowest BCUT2D eigenvalue weighted by Crippen LogP contribution is -2.20. The number of likely N-dealkylation sites (N-methyl/N-ethyl adjacent to an activating group) is 1. The third kappa shape index (κ3) is 5.10. The van der Waals surface area contributed by atoms with Crippen molar-refractivity contribution in [1.29, 1.82) is 0 Å². The molecule has 0 saturated heterocycles. The van der Waals surface area contributed by atoms with Crippen molar-refractivity contribution in [2.75, 3.05) is 14.2 Å². The summed E-state index contributed by atoms with van der Waals surface area (Å²) in [5.74, 6) is -0.0909. The molecule has 0 bridgehead atoms. The molecule has 0 spiro atoms. The van der Waals surface area contributed by atoms with Crippen LogP contribution in [0.2, 0.25) is 0 Å². The van der Waals surface area contributed by atoms with Crippen molar-refractivity contribution in [2.45, 2.75) is 6.61 Å². The van der Waals surface area contributed by atoms with Crippen molar-refractivity contribution in [3.05, 3.63) is 71.5 Å². The Kier molecular flexibility index (Phi) is 6.59. The molecule has 0 saturated carbocycles. The fourth-order valence-corrected chi connectivity index (χ4v) is 2.21. The van der Waals surface area contributed by atoms with Gasteiger partial charge in [0.2, 0.25) is 0 Å². The smallest absolute Gasteiger partial charge is 0.254 e. The minimum Gasteiger partial charge on any atom is -0.508 e. The molecule has 0 atom stereocenters. The van der Waals surface area contributed by atoms with Gasteiger partial charge in [0, 0.05) is 12.6 Å². The highest BCUT2D eigenvalue weighted by molar-refractivity contribution is 6.19. The maximum absolute atomic E-state index is 12.0. The Bertz CT molecular complexity index is 784. The van der Waals surface area contributed by atoms with Crippen LogP contribution in [-0.4, -0.2) is 31.4 Å². The standard InChI is InChI=1S/C19H20N2O4/c1-20-19(23)18(13-24-2)17-9-4-3-7-15(17)12-25-21-11-14-6-5-8-16(22)10-14/h3-11,13,22H,12H2,1-2H3,(H,20,23)/b18-13+,21-11+. The van der Waals surface area contributed by atoms with E-state index >= 15 is 0 Å². The third-order valence-electron chi connectivity index (χ3n) is 3.38. The van der Waals surface area contributed by atoms with Gasteiger partial charge >= 0.3 is 0 Å². The number of aromatic hydroxyl groups is 1. The molecule has 6 nitrogen and oxygen atoms in total. The van der Waals surface area contributed by atoms with E-state index in [1.165, 1.54) is 19.6 Å². The van der Waals surface area contributed by atoms with E-state index < -0.39 is 0 Å². The zero-order valence-electron chi connectivity index (χ0n) is 14.1. The van der Waals surface area contributed by atoms with Crippen LogP contribution in [0.5, 0.6) is 5.75 Å². The zero-order chi connectivity index (χ0) is 18.1. The maximum atomic E-state index is 12.0. The molecule has 25 heavy (non-hydrogen) atoms. The van der Waals surface area contributed by atoms with Crippen molar-refractivity contribution in [1.82, 2.24) is 5.32 Å². The molecule has 0 radical (unpaired) electrons. The maximum Gasteiger partial charge on any atom is 0.254 e. The molecule has 2 N–H and O–H groups in total. The molecule has 0 fully saturated rings. The first-order chi connectivity index (χ1) is 12.2. The summed E-state index contributed by atoms with van der Waals surface area (Å²) >= 11 is 0. The van der Waals surface area contributed by atoms with E-state index in [1.807, 2.05) is 24.3 Å². The van der Waals surface area contributed by atoms with Crippen LogP contribution in [0.25, 0.3) is 5.57 Å². The predicted molar refractivity (Wildman–Crippen MR) is 96.0 cm³/mol. The zero-order valence-corrected chi connectivity index (χ0v) is 14.1. The number of methoxy groups -OCH3 is 1. The van der Waals surface area contributed by atoms with E-state index in [0.29, 0.717) is 11.1 Å². The van der Waals surface area contributed by atoms with Crippen LogP contribution in [0.3, 0.4) is 0 Å². The minimum absolute atomic E-state index is 0.161. The highest BCUT2D eigenvalue weighted by atomic mass is 16.6. The molecule has 1 amide bonds. The van der Waals surface area contributed by atoms with Crippen molar-refractivity contribution in [3.63, 3.8) is 0 Å². The number of hydrogen-bond donors (Lipinski definition) is 2. The fraction of sp³-hybridized carbons (Fsp3) is 0.158. The second-order valence-corrected chi connectivity index (χ2v) is 5.11. The van der Waals surface area contributed by atoms with E-state index in [9.17, 15) is 9.90 Å². The third-order valence-corrected chi connectivity index (χ3v) is 3.38. The van der Waals surface area contributed by atoms with Crippen LogP contribution in [-0.2, 0) is 21.0 Å². The number of phenolic OH excluding ortho intramolecular Hbond substituents is 1. The van der Waals surface area contributed by atoms with Crippen molar-refractivity contribution in [2.24, 2.45) is 5.16 Å². The van der Waals surface area contributed by atoms with Gasteiger partial charge in [0.15, 0.2) is 0 Å². The van der Waals surface area contributed by atoms with Gasteiger partial charge in [0.1, 0.15) is 12.4 Å². The molecule has 0 heterocycles. The first-order valence-electron chi connectivity index (χ1n) is 7.63. The summed E-state index contributed by atoms with van der Waals surface area (Å²) in [7, 11) is 3.05. The lowest BCUT2D eigenvalue weighted by Gasteiger charge is -2.11. The molecule has 0 aliphatic rings. The first kappa shape index (κ1) is 18.1.